The number of piperazine rings is 1. The summed E-state index contributed by atoms with van der Waals surface area (Å²) in [4.78, 5) is 16.6. The highest BCUT2D eigenvalue weighted by Gasteiger charge is 2.34. The van der Waals surface area contributed by atoms with E-state index >= 15 is 0 Å². The van der Waals surface area contributed by atoms with Crippen molar-refractivity contribution in [2.75, 3.05) is 37.7 Å². The largest absolute Gasteiger partial charge is 0.340 e. The molecule has 2 heterocycles. The summed E-state index contributed by atoms with van der Waals surface area (Å²) in [6.07, 6.45) is 4.86. The van der Waals surface area contributed by atoms with Crippen molar-refractivity contribution < 1.29 is 13.2 Å². The van der Waals surface area contributed by atoms with Gasteiger partial charge in [0.1, 0.15) is 9.84 Å². The van der Waals surface area contributed by atoms with Crippen molar-refractivity contribution in [3.63, 3.8) is 0 Å². The summed E-state index contributed by atoms with van der Waals surface area (Å²) in [6, 6.07) is 0.402. The maximum atomic E-state index is 12.2. The van der Waals surface area contributed by atoms with Crippen molar-refractivity contribution in [1.82, 2.24) is 9.80 Å². The van der Waals surface area contributed by atoms with Crippen LogP contribution in [0.4, 0.5) is 0 Å². The molecule has 1 saturated carbocycles. The molecule has 3 aliphatic rings. The van der Waals surface area contributed by atoms with E-state index in [1.54, 1.807) is 0 Å². The third-order valence-electron chi connectivity index (χ3n) is 5.12. The molecule has 1 amide bonds. The van der Waals surface area contributed by atoms with Crippen LogP contribution in [0.1, 0.15) is 32.1 Å². The normalized spacial score (nSPS) is 29.1. The zero-order chi connectivity index (χ0) is 14.2. The molecule has 20 heavy (non-hydrogen) atoms. The van der Waals surface area contributed by atoms with Crippen LogP contribution in [0, 0.1) is 5.92 Å². The molecule has 0 aromatic rings. The lowest BCUT2D eigenvalue weighted by atomic mass is 9.84. The molecule has 0 N–H and O–H groups in total. The van der Waals surface area contributed by atoms with Crippen LogP contribution in [-0.4, -0.2) is 67.9 Å². The third kappa shape index (κ3) is 3.01. The first kappa shape index (κ1) is 14.3. The van der Waals surface area contributed by atoms with E-state index in [0.29, 0.717) is 29.4 Å². The lowest BCUT2D eigenvalue weighted by Gasteiger charge is -2.42. The molecule has 1 aliphatic carbocycles. The number of nitrogens with zero attached hydrogens (tertiary/aromatic N) is 2. The van der Waals surface area contributed by atoms with Crippen LogP contribution >= 0.6 is 0 Å². The van der Waals surface area contributed by atoms with Gasteiger partial charge in [-0.3, -0.25) is 9.69 Å². The topological polar surface area (TPSA) is 57.7 Å². The van der Waals surface area contributed by atoms with Gasteiger partial charge in [-0.05, 0) is 25.7 Å². The Bertz CT molecular complexity index is 451. The van der Waals surface area contributed by atoms with Gasteiger partial charge in [-0.2, -0.15) is 0 Å². The van der Waals surface area contributed by atoms with Gasteiger partial charge >= 0.3 is 0 Å². The van der Waals surface area contributed by atoms with Crippen LogP contribution < -0.4 is 0 Å². The van der Waals surface area contributed by atoms with E-state index in [2.05, 4.69) is 4.90 Å². The van der Waals surface area contributed by atoms with E-state index in [1.807, 2.05) is 4.90 Å². The first-order chi connectivity index (χ1) is 9.55. The average molecular weight is 300 g/mol. The molecule has 0 spiro atoms. The van der Waals surface area contributed by atoms with E-state index < -0.39 is 9.84 Å². The van der Waals surface area contributed by atoms with Crippen molar-refractivity contribution in [2.45, 2.75) is 38.1 Å². The van der Waals surface area contributed by atoms with E-state index in [9.17, 15) is 13.2 Å². The van der Waals surface area contributed by atoms with Gasteiger partial charge in [-0.15, -0.1) is 0 Å². The number of carbonyl (C=O) groups is 1. The van der Waals surface area contributed by atoms with Crippen molar-refractivity contribution in [1.29, 1.82) is 0 Å². The van der Waals surface area contributed by atoms with E-state index in [-0.39, 0.29) is 0 Å². The highest BCUT2D eigenvalue weighted by atomic mass is 32.2. The second-order valence-electron chi connectivity index (χ2n) is 6.37. The lowest BCUT2D eigenvalue weighted by molar-refractivity contribution is -0.140. The molecule has 2 saturated heterocycles. The molecule has 0 unspecified atom stereocenters. The summed E-state index contributed by atoms with van der Waals surface area (Å²) in [5.74, 6) is 1.31. The Balaban J connectivity index is 1.47. The molecule has 2 aliphatic heterocycles. The maximum Gasteiger partial charge on any atom is 0.225 e. The molecular weight excluding hydrogens is 276 g/mol. The molecule has 5 nitrogen and oxygen atoms in total. The fourth-order valence-electron chi connectivity index (χ4n) is 3.46. The standard InChI is InChI=1S/C14H24N2O3S/c17-14(12-2-1-3-12)16-8-6-15(7-9-16)13-4-10-20(18,19)11-5-13/h12-13H,1-11H2. The molecule has 0 radical (unpaired) electrons. The highest BCUT2D eigenvalue weighted by molar-refractivity contribution is 7.91. The Morgan fingerprint density at radius 3 is 2.00 bits per heavy atom. The van der Waals surface area contributed by atoms with Gasteiger partial charge in [0.2, 0.25) is 5.91 Å². The fourth-order valence-corrected chi connectivity index (χ4v) is 4.93. The summed E-state index contributed by atoms with van der Waals surface area (Å²) in [7, 11) is -2.78. The third-order valence-corrected chi connectivity index (χ3v) is 6.84. The smallest absolute Gasteiger partial charge is 0.225 e. The summed E-state index contributed by atoms with van der Waals surface area (Å²) < 4.78 is 22.9. The highest BCUT2D eigenvalue weighted by Crippen LogP contribution is 2.29. The molecular formula is C14H24N2O3S. The molecule has 114 valence electrons. The van der Waals surface area contributed by atoms with E-state index in [0.717, 1.165) is 51.9 Å². The molecule has 0 atom stereocenters. The molecule has 3 rings (SSSR count). The van der Waals surface area contributed by atoms with Gasteiger partial charge in [0, 0.05) is 38.1 Å². The average Bonchev–Trinajstić information content (AvgIpc) is 2.37. The van der Waals surface area contributed by atoms with Gasteiger partial charge in [0.15, 0.2) is 0 Å². The van der Waals surface area contributed by atoms with Crippen LogP contribution in [0.2, 0.25) is 0 Å². The summed E-state index contributed by atoms with van der Waals surface area (Å²) in [5, 5.41) is 0. The minimum atomic E-state index is -2.78. The van der Waals surface area contributed by atoms with E-state index in [1.165, 1.54) is 6.42 Å². The zero-order valence-corrected chi connectivity index (χ0v) is 12.8. The maximum absolute atomic E-state index is 12.2. The van der Waals surface area contributed by atoms with Crippen LogP contribution in [0.15, 0.2) is 0 Å². The monoisotopic (exact) mass is 300 g/mol. The van der Waals surface area contributed by atoms with Gasteiger partial charge in [0.05, 0.1) is 11.5 Å². The number of sulfone groups is 1. The van der Waals surface area contributed by atoms with Crippen LogP contribution in [0.3, 0.4) is 0 Å². The Morgan fingerprint density at radius 1 is 0.900 bits per heavy atom. The fraction of sp³-hybridized carbons (Fsp3) is 0.929. The predicted octanol–water partition coefficient (Wildman–Crippen LogP) is 0.508. The number of hydrogen-bond acceptors (Lipinski definition) is 4. The molecule has 3 fully saturated rings. The number of hydrogen-bond donors (Lipinski definition) is 0. The first-order valence-electron chi connectivity index (χ1n) is 7.78. The summed E-state index contributed by atoms with van der Waals surface area (Å²) in [5.41, 5.74) is 0. The van der Waals surface area contributed by atoms with Crippen molar-refractivity contribution in [3.05, 3.63) is 0 Å². The molecule has 0 bridgehead atoms. The van der Waals surface area contributed by atoms with Crippen LogP contribution in [0.5, 0.6) is 0 Å². The van der Waals surface area contributed by atoms with Gasteiger partial charge in [-0.1, -0.05) is 6.42 Å². The molecule has 0 aromatic carbocycles. The van der Waals surface area contributed by atoms with Gasteiger partial charge < -0.3 is 4.90 Å². The van der Waals surface area contributed by atoms with Crippen LogP contribution in [0.25, 0.3) is 0 Å². The summed E-state index contributed by atoms with van der Waals surface area (Å²) >= 11 is 0. The Labute approximate surface area is 121 Å². The second-order valence-corrected chi connectivity index (χ2v) is 8.68. The molecule has 6 heteroatoms. The Hall–Kier alpha value is -0.620. The Kier molecular flexibility index (Phi) is 4.04. The number of amides is 1. The minimum Gasteiger partial charge on any atom is -0.340 e. The van der Waals surface area contributed by atoms with Gasteiger partial charge in [0.25, 0.3) is 0 Å². The van der Waals surface area contributed by atoms with Gasteiger partial charge in [-0.25, -0.2) is 8.42 Å². The minimum absolute atomic E-state index is 0.293. The second kappa shape index (κ2) is 5.64. The van der Waals surface area contributed by atoms with Crippen molar-refractivity contribution in [3.8, 4) is 0 Å². The predicted molar refractivity (Wildman–Crippen MR) is 77.2 cm³/mol. The first-order valence-corrected chi connectivity index (χ1v) is 9.60. The SMILES string of the molecule is O=C(C1CCC1)N1CCN(C2CCS(=O)(=O)CC2)CC1. The zero-order valence-electron chi connectivity index (χ0n) is 12.0. The van der Waals surface area contributed by atoms with Crippen molar-refractivity contribution in [2.24, 2.45) is 5.92 Å². The quantitative estimate of drug-likeness (QED) is 0.745. The lowest BCUT2D eigenvalue weighted by Crippen LogP contribution is -2.54. The number of rotatable bonds is 2. The number of carbonyl (C=O) groups excluding carboxylic acids is 1. The molecule has 0 aromatic heterocycles. The van der Waals surface area contributed by atoms with Crippen LogP contribution in [-0.2, 0) is 14.6 Å². The summed E-state index contributed by atoms with van der Waals surface area (Å²) in [6.45, 7) is 3.45. The van der Waals surface area contributed by atoms with Crippen molar-refractivity contribution >= 4 is 15.7 Å². The van der Waals surface area contributed by atoms with E-state index in [4.69, 9.17) is 0 Å². The Morgan fingerprint density at radius 2 is 1.50 bits per heavy atom.